The van der Waals surface area contributed by atoms with Crippen molar-refractivity contribution in [2.45, 2.75) is 13.8 Å². The molecule has 0 saturated carbocycles. The molecule has 0 aliphatic rings. The summed E-state index contributed by atoms with van der Waals surface area (Å²) in [7, 11) is 1.46. The fourth-order valence-corrected chi connectivity index (χ4v) is 3.24. The quantitative estimate of drug-likeness (QED) is 0.263. The Morgan fingerprint density at radius 3 is 2.23 bits per heavy atom. The summed E-state index contributed by atoms with van der Waals surface area (Å²) in [6.07, 6.45) is 1.32. The van der Waals surface area contributed by atoms with Crippen LogP contribution in [0.2, 0.25) is 0 Å². The van der Waals surface area contributed by atoms with Gasteiger partial charge in [-0.15, -0.1) is 0 Å². The van der Waals surface area contributed by atoms with Crippen LogP contribution in [0.5, 0.6) is 11.5 Å². The monoisotopic (exact) mass is 474 g/mol. The van der Waals surface area contributed by atoms with E-state index in [1.807, 2.05) is 32.0 Å². The Kier molecular flexibility index (Phi) is 8.55. The first-order chi connectivity index (χ1) is 16.9. The van der Waals surface area contributed by atoms with Gasteiger partial charge in [0.2, 0.25) is 0 Å². The third-order valence-electron chi connectivity index (χ3n) is 4.71. The number of hydrogen-bond donors (Lipinski definition) is 3. The average molecular weight is 475 g/mol. The molecule has 0 unspecified atom stereocenters. The number of ether oxygens (including phenoxy) is 2. The molecule has 3 rings (SSSR count). The highest BCUT2D eigenvalue weighted by Crippen LogP contribution is 2.22. The van der Waals surface area contributed by atoms with Gasteiger partial charge in [0, 0.05) is 11.3 Å². The number of para-hydroxylation sites is 3. The Morgan fingerprint density at radius 2 is 1.51 bits per heavy atom. The first-order valence-corrected chi connectivity index (χ1v) is 10.7. The number of methoxy groups -OCH3 is 1. The summed E-state index contributed by atoms with van der Waals surface area (Å²) in [6.45, 7) is 3.69. The minimum atomic E-state index is -0.960. The van der Waals surface area contributed by atoms with Crippen LogP contribution in [0.4, 0.5) is 11.4 Å². The predicted octanol–water partition coefficient (Wildman–Crippen LogP) is 3.42. The molecule has 0 radical (unpaired) electrons. The van der Waals surface area contributed by atoms with Crippen LogP contribution in [0, 0.1) is 13.8 Å². The standard InChI is InChI=1S/C26H26N4O5/c1-17-12-18(2)14-20(13-17)28-24(31)16-35-22-10-6-4-8-19(22)15-27-30-26(33)25(32)29-21-9-5-7-11-23(21)34-3/h4-15H,16H2,1-3H3,(H,28,31)(H,29,32)(H,30,33)/b27-15-. The van der Waals surface area contributed by atoms with Crippen LogP contribution in [0.15, 0.2) is 71.8 Å². The number of nitrogens with zero attached hydrogens (tertiary/aromatic N) is 1. The van der Waals surface area contributed by atoms with E-state index in [0.717, 1.165) is 11.1 Å². The van der Waals surface area contributed by atoms with Crippen molar-refractivity contribution in [3.63, 3.8) is 0 Å². The Hall–Kier alpha value is -4.66. The van der Waals surface area contributed by atoms with Gasteiger partial charge in [0.05, 0.1) is 19.0 Å². The highest BCUT2D eigenvalue weighted by Gasteiger charge is 2.15. The molecule has 0 bridgehead atoms. The van der Waals surface area contributed by atoms with Crippen LogP contribution in [-0.2, 0) is 14.4 Å². The summed E-state index contributed by atoms with van der Waals surface area (Å²) in [5, 5.41) is 9.09. The number of carbonyl (C=O) groups excluding carboxylic acids is 3. The van der Waals surface area contributed by atoms with Crippen LogP contribution in [0.1, 0.15) is 16.7 Å². The van der Waals surface area contributed by atoms with E-state index in [4.69, 9.17) is 9.47 Å². The van der Waals surface area contributed by atoms with E-state index in [9.17, 15) is 14.4 Å². The summed E-state index contributed by atoms with van der Waals surface area (Å²) in [5.41, 5.74) is 5.82. The van der Waals surface area contributed by atoms with Gasteiger partial charge in [-0.05, 0) is 61.4 Å². The van der Waals surface area contributed by atoms with E-state index >= 15 is 0 Å². The molecule has 3 aromatic rings. The lowest BCUT2D eigenvalue weighted by Gasteiger charge is -2.10. The summed E-state index contributed by atoms with van der Waals surface area (Å²) in [6, 6.07) is 19.3. The van der Waals surface area contributed by atoms with Crippen molar-refractivity contribution in [3.8, 4) is 11.5 Å². The second-order valence-corrected chi connectivity index (χ2v) is 7.60. The molecule has 0 heterocycles. The number of benzene rings is 3. The van der Waals surface area contributed by atoms with Crippen molar-refractivity contribution in [3.05, 3.63) is 83.4 Å². The molecule has 0 aromatic heterocycles. The predicted molar refractivity (Wildman–Crippen MR) is 134 cm³/mol. The van der Waals surface area contributed by atoms with Gasteiger partial charge in [0.25, 0.3) is 5.91 Å². The van der Waals surface area contributed by atoms with Crippen LogP contribution in [-0.4, -0.2) is 37.7 Å². The van der Waals surface area contributed by atoms with Crippen LogP contribution in [0.25, 0.3) is 0 Å². The Balaban J connectivity index is 1.55. The van der Waals surface area contributed by atoms with Crippen molar-refractivity contribution in [1.82, 2.24) is 5.43 Å². The van der Waals surface area contributed by atoms with Gasteiger partial charge >= 0.3 is 11.8 Å². The van der Waals surface area contributed by atoms with Crippen molar-refractivity contribution in [1.29, 1.82) is 0 Å². The summed E-state index contributed by atoms with van der Waals surface area (Å²) in [4.78, 5) is 36.5. The van der Waals surface area contributed by atoms with Gasteiger partial charge in [-0.2, -0.15) is 5.10 Å². The first-order valence-electron chi connectivity index (χ1n) is 10.7. The van der Waals surface area contributed by atoms with Gasteiger partial charge in [0.1, 0.15) is 11.5 Å². The second kappa shape index (κ2) is 12.0. The molecule has 0 aliphatic carbocycles. The highest BCUT2D eigenvalue weighted by atomic mass is 16.5. The summed E-state index contributed by atoms with van der Waals surface area (Å²) >= 11 is 0. The fraction of sp³-hybridized carbons (Fsp3) is 0.154. The zero-order chi connectivity index (χ0) is 25.2. The molecule has 3 aromatic carbocycles. The largest absolute Gasteiger partial charge is 0.495 e. The molecular weight excluding hydrogens is 448 g/mol. The Labute approximate surface area is 203 Å². The maximum absolute atomic E-state index is 12.3. The molecule has 9 nitrogen and oxygen atoms in total. The molecule has 0 saturated heterocycles. The number of rotatable bonds is 8. The SMILES string of the molecule is COc1ccccc1NC(=O)C(=O)N/N=C\c1ccccc1OCC(=O)Nc1cc(C)cc(C)c1. The third kappa shape index (κ3) is 7.43. The van der Waals surface area contributed by atoms with Crippen molar-refractivity contribution in [2.24, 2.45) is 5.10 Å². The van der Waals surface area contributed by atoms with Crippen molar-refractivity contribution >= 4 is 35.3 Å². The van der Waals surface area contributed by atoms with Crippen molar-refractivity contribution in [2.75, 3.05) is 24.4 Å². The van der Waals surface area contributed by atoms with E-state index in [-0.39, 0.29) is 12.5 Å². The molecule has 0 fully saturated rings. The minimum absolute atomic E-state index is 0.217. The maximum atomic E-state index is 12.3. The van der Waals surface area contributed by atoms with Gasteiger partial charge in [-0.1, -0.05) is 30.3 Å². The Morgan fingerprint density at radius 1 is 0.857 bits per heavy atom. The second-order valence-electron chi connectivity index (χ2n) is 7.60. The lowest BCUT2D eigenvalue weighted by Crippen LogP contribution is -2.32. The number of nitrogens with one attached hydrogen (secondary N) is 3. The molecule has 0 spiro atoms. The zero-order valence-corrected chi connectivity index (χ0v) is 19.6. The zero-order valence-electron chi connectivity index (χ0n) is 19.6. The lowest BCUT2D eigenvalue weighted by molar-refractivity contribution is -0.136. The van der Waals surface area contributed by atoms with Crippen LogP contribution < -0.4 is 25.5 Å². The molecule has 9 heteroatoms. The molecule has 3 amide bonds. The van der Waals surface area contributed by atoms with E-state index in [1.54, 1.807) is 48.5 Å². The number of carbonyl (C=O) groups is 3. The summed E-state index contributed by atoms with van der Waals surface area (Å²) < 4.78 is 10.8. The minimum Gasteiger partial charge on any atom is -0.495 e. The first kappa shape index (κ1) is 25.0. The lowest BCUT2D eigenvalue weighted by atomic mass is 10.1. The van der Waals surface area contributed by atoms with E-state index < -0.39 is 11.8 Å². The molecule has 35 heavy (non-hydrogen) atoms. The molecular formula is C26H26N4O5. The third-order valence-corrected chi connectivity index (χ3v) is 4.71. The van der Waals surface area contributed by atoms with E-state index in [1.165, 1.54) is 13.3 Å². The molecule has 0 aliphatic heterocycles. The number of anilines is 2. The van der Waals surface area contributed by atoms with Crippen LogP contribution in [0.3, 0.4) is 0 Å². The normalized spacial score (nSPS) is 10.5. The molecule has 3 N–H and O–H groups in total. The van der Waals surface area contributed by atoms with Gasteiger partial charge in [0.15, 0.2) is 6.61 Å². The number of hydrogen-bond acceptors (Lipinski definition) is 6. The fourth-order valence-electron chi connectivity index (χ4n) is 3.24. The maximum Gasteiger partial charge on any atom is 0.329 e. The average Bonchev–Trinajstić information content (AvgIpc) is 2.83. The topological polar surface area (TPSA) is 118 Å². The van der Waals surface area contributed by atoms with Gasteiger partial charge in [-0.25, -0.2) is 5.43 Å². The van der Waals surface area contributed by atoms with Gasteiger partial charge < -0.3 is 20.1 Å². The number of aryl methyl sites for hydroxylation is 2. The van der Waals surface area contributed by atoms with Gasteiger partial charge in [-0.3, -0.25) is 14.4 Å². The van der Waals surface area contributed by atoms with E-state index in [0.29, 0.717) is 28.4 Å². The summed E-state index contributed by atoms with van der Waals surface area (Å²) in [5.74, 6) is -1.37. The van der Waals surface area contributed by atoms with E-state index in [2.05, 4.69) is 21.2 Å². The molecule has 180 valence electrons. The number of hydrazone groups is 1. The number of amides is 3. The highest BCUT2D eigenvalue weighted by molar-refractivity contribution is 6.39. The molecule has 0 atom stereocenters. The Bertz CT molecular complexity index is 1240. The van der Waals surface area contributed by atoms with Crippen molar-refractivity contribution < 1.29 is 23.9 Å². The smallest absolute Gasteiger partial charge is 0.329 e. The van der Waals surface area contributed by atoms with Crippen LogP contribution >= 0.6 is 0 Å².